The maximum absolute atomic E-state index is 12.2. The van der Waals surface area contributed by atoms with Crippen LogP contribution in [0.4, 0.5) is 5.69 Å². The Morgan fingerprint density at radius 2 is 1.47 bits per heavy atom. The number of rotatable bonds is 4. The highest BCUT2D eigenvalue weighted by Crippen LogP contribution is 2.17. The summed E-state index contributed by atoms with van der Waals surface area (Å²) in [5, 5.41) is 0. The van der Waals surface area contributed by atoms with Crippen LogP contribution >= 0.6 is 15.9 Å². The largest absolute Gasteiger partial charge is 0.318 e. The van der Waals surface area contributed by atoms with E-state index >= 15 is 0 Å². The highest BCUT2D eigenvalue weighted by Gasteiger charge is 2.09. The maximum atomic E-state index is 12.2. The number of hydrogen-bond acceptors (Lipinski definition) is 2. The number of carbonyl (C=O) groups is 2. The lowest BCUT2D eigenvalue weighted by molar-refractivity contribution is -0.107. The Bertz CT molecular complexity index is 591. The van der Waals surface area contributed by atoms with Gasteiger partial charge in [-0.2, -0.15) is 0 Å². The van der Waals surface area contributed by atoms with E-state index in [1.54, 1.807) is 43.4 Å². The summed E-state index contributed by atoms with van der Waals surface area (Å²) in [6.07, 6.45) is 0.728. The number of nitrogens with zero attached hydrogens (tertiary/aromatic N) is 1. The van der Waals surface area contributed by atoms with Gasteiger partial charge in [-0.05, 0) is 48.5 Å². The Morgan fingerprint density at radius 1 is 1.00 bits per heavy atom. The second kappa shape index (κ2) is 5.80. The SMILES string of the molecule is CN(C=O)c1ccc(C(=O)c2ccc(Br)cc2)cc1. The zero-order chi connectivity index (χ0) is 13.8. The van der Waals surface area contributed by atoms with Crippen LogP contribution in [0.2, 0.25) is 0 Å². The van der Waals surface area contributed by atoms with Crippen LogP contribution in [0.5, 0.6) is 0 Å². The lowest BCUT2D eigenvalue weighted by Crippen LogP contribution is -2.13. The average molecular weight is 318 g/mol. The molecule has 0 fully saturated rings. The van der Waals surface area contributed by atoms with Crippen LogP contribution in [0.1, 0.15) is 15.9 Å². The van der Waals surface area contributed by atoms with E-state index in [1.807, 2.05) is 12.1 Å². The Labute approximate surface area is 120 Å². The van der Waals surface area contributed by atoms with Crippen molar-refractivity contribution in [2.24, 2.45) is 0 Å². The Morgan fingerprint density at radius 3 is 1.95 bits per heavy atom. The molecule has 0 unspecified atom stereocenters. The van der Waals surface area contributed by atoms with Crippen LogP contribution in [0.25, 0.3) is 0 Å². The van der Waals surface area contributed by atoms with Gasteiger partial charge in [0.2, 0.25) is 6.41 Å². The summed E-state index contributed by atoms with van der Waals surface area (Å²) < 4.78 is 0.937. The van der Waals surface area contributed by atoms with Crippen molar-refractivity contribution in [3.05, 3.63) is 64.1 Å². The molecule has 3 nitrogen and oxygen atoms in total. The van der Waals surface area contributed by atoms with Crippen LogP contribution in [0.15, 0.2) is 53.0 Å². The maximum Gasteiger partial charge on any atom is 0.213 e. The van der Waals surface area contributed by atoms with Gasteiger partial charge in [-0.25, -0.2) is 0 Å². The summed E-state index contributed by atoms with van der Waals surface area (Å²) in [5.41, 5.74) is 1.99. The predicted molar refractivity (Wildman–Crippen MR) is 78.5 cm³/mol. The molecule has 2 aromatic carbocycles. The molecule has 0 atom stereocenters. The number of anilines is 1. The van der Waals surface area contributed by atoms with Gasteiger partial charge in [0.1, 0.15) is 0 Å². The third kappa shape index (κ3) is 3.09. The van der Waals surface area contributed by atoms with E-state index in [0.29, 0.717) is 11.1 Å². The van der Waals surface area contributed by atoms with Gasteiger partial charge >= 0.3 is 0 Å². The lowest BCUT2D eigenvalue weighted by Gasteiger charge is -2.10. The smallest absolute Gasteiger partial charge is 0.213 e. The fourth-order valence-electron chi connectivity index (χ4n) is 1.68. The Balaban J connectivity index is 2.24. The number of carbonyl (C=O) groups excluding carboxylic acids is 2. The van der Waals surface area contributed by atoms with Crippen LogP contribution in [-0.2, 0) is 4.79 Å². The van der Waals surface area contributed by atoms with E-state index < -0.39 is 0 Å². The van der Waals surface area contributed by atoms with E-state index in [0.717, 1.165) is 16.6 Å². The summed E-state index contributed by atoms with van der Waals surface area (Å²) >= 11 is 3.33. The first-order valence-electron chi connectivity index (χ1n) is 5.70. The third-order valence-electron chi connectivity index (χ3n) is 2.80. The van der Waals surface area contributed by atoms with Gasteiger partial charge in [-0.15, -0.1) is 0 Å². The molecule has 0 aromatic heterocycles. The van der Waals surface area contributed by atoms with Crippen molar-refractivity contribution in [3.63, 3.8) is 0 Å². The quantitative estimate of drug-likeness (QED) is 0.641. The summed E-state index contributed by atoms with van der Waals surface area (Å²) in [4.78, 5) is 24.3. The van der Waals surface area contributed by atoms with Crippen LogP contribution in [0, 0.1) is 0 Å². The van der Waals surface area contributed by atoms with Crippen molar-refractivity contribution in [3.8, 4) is 0 Å². The number of hydrogen-bond donors (Lipinski definition) is 0. The Kier molecular flexibility index (Phi) is 4.12. The average Bonchev–Trinajstić information content (AvgIpc) is 2.46. The zero-order valence-electron chi connectivity index (χ0n) is 10.3. The molecule has 19 heavy (non-hydrogen) atoms. The minimum atomic E-state index is -0.0344. The number of ketones is 1. The van der Waals surface area contributed by atoms with Gasteiger partial charge in [0.05, 0.1) is 0 Å². The normalized spacial score (nSPS) is 10.0. The highest BCUT2D eigenvalue weighted by atomic mass is 79.9. The Hall–Kier alpha value is -1.94. The van der Waals surface area contributed by atoms with Crippen molar-refractivity contribution < 1.29 is 9.59 Å². The molecule has 2 aromatic rings. The van der Waals surface area contributed by atoms with Gasteiger partial charge in [0.25, 0.3) is 0 Å². The lowest BCUT2D eigenvalue weighted by atomic mass is 10.0. The van der Waals surface area contributed by atoms with Gasteiger partial charge in [-0.3, -0.25) is 9.59 Å². The molecular formula is C15H12BrNO2. The molecule has 0 saturated carbocycles. The third-order valence-corrected chi connectivity index (χ3v) is 3.33. The van der Waals surface area contributed by atoms with Gasteiger partial charge < -0.3 is 4.90 Å². The number of halogens is 1. The molecule has 0 aliphatic heterocycles. The number of benzene rings is 2. The van der Waals surface area contributed by atoms with Gasteiger partial charge in [0, 0.05) is 28.3 Å². The summed E-state index contributed by atoms with van der Waals surface area (Å²) in [6, 6.07) is 14.2. The molecule has 0 aliphatic carbocycles. The fourth-order valence-corrected chi connectivity index (χ4v) is 1.94. The second-order valence-corrected chi connectivity index (χ2v) is 5.01. The molecular weight excluding hydrogens is 306 g/mol. The van der Waals surface area contributed by atoms with E-state index in [9.17, 15) is 9.59 Å². The van der Waals surface area contributed by atoms with Gasteiger partial charge in [-0.1, -0.05) is 15.9 Å². The molecule has 4 heteroatoms. The van der Waals surface area contributed by atoms with Crippen molar-refractivity contribution in [2.75, 3.05) is 11.9 Å². The van der Waals surface area contributed by atoms with Crippen molar-refractivity contribution >= 4 is 33.8 Å². The van der Waals surface area contributed by atoms with E-state index in [-0.39, 0.29) is 5.78 Å². The second-order valence-electron chi connectivity index (χ2n) is 4.10. The van der Waals surface area contributed by atoms with Crippen LogP contribution in [0.3, 0.4) is 0 Å². The first-order chi connectivity index (χ1) is 9.11. The van der Waals surface area contributed by atoms with Gasteiger partial charge in [0.15, 0.2) is 5.78 Å². The first kappa shape index (κ1) is 13.5. The molecule has 0 bridgehead atoms. The highest BCUT2D eigenvalue weighted by molar-refractivity contribution is 9.10. The molecule has 0 saturated heterocycles. The van der Waals surface area contributed by atoms with E-state index in [1.165, 1.54) is 4.90 Å². The first-order valence-corrected chi connectivity index (χ1v) is 6.49. The number of amides is 1. The van der Waals surface area contributed by atoms with Crippen molar-refractivity contribution in [2.45, 2.75) is 0 Å². The van der Waals surface area contributed by atoms with Crippen LogP contribution in [-0.4, -0.2) is 19.2 Å². The minimum absolute atomic E-state index is 0.0344. The predicted octanol–water partition coefficient (Wildman–Crippen LogP) is 3.27. The minimum Gasteiger partial charge on any atom is -0.318 e. The van der Waals surface area contributed by atoms with E-state index in [2.05, 4.69) is 15.9 Å². The van der Waals surface area contributed by atoms with Crippen LogP contribution < -0.4 is 4.90 Å². The standard InChI is InChI=1S/C15H12BrNO2/c1-17(10-18)14-8-4-12(5-9-14)15(19)11-2-6-13(16)7-3-11/h2-10H,1H3. The molecule has 0 radical (unpaired) electrons. The summed E-state index contributed by atoms with van der Waals surface area (Å²) in [7, 11) is 1.67. The van der Waals surface area contributed by atoms with Crippen molar-refractivity contribution in [1.82, 2.24) is 0 Å². The summed E-state index contributed by atoms with van der Waals surface area (Å²) in [6.45, 7) is 0. The summed E-state index contributed by atoms with van der Waals surface area (Å²) in [5.74, 6) is -0.0344. The molecule has 0 aliphatic rings. The fraction of sp³-hybridized carbons (Fsp3) is 0.0667. The molecule has 0 spiro atoms. The molecule has 1 amide bonds. The van der Waals surface area contributed by atoms with Crippen molar-refractivity contribution in [1.29, 1.82) is 0 Å². The zero-order valence-corrected chi connectivity index (χ0v) is 11.9. The molecule has 0 heterocycles. The molecule has 0 N–H and O–H groups in total. The monoisotopic (exact) mass is 317 g/mol. The molecule has 2 rings (SSSR count). The molecule has 96 valence electrons. The topological polar surface area (TPSA) is 37.4 Å². The van der Waals surface area contributed by atoms with E-state index in [4.69, 9.17) is 0 Å².